The lowest BCUT2D eigenvalue weighted by molar-refractivity contribution is -0.119. The summed E-state index contributed by atoms with van der Waals surface area (Å²) in [6, 6.07) is 20.1. The van der Waals surface area contributed by atoms with Gasteiger partial charge in [0.25, 0.3) is 10.0 Å². The highest BCUT2D eigenvalue weighted by Gasteiger charge is 2.29. The first-order valence-corrected chi connectivity index (χ1v) is 13.7. The summed E-state index contributed by atoms with van der Waals surface area (Å²) in [5.74, 6) is 1.30. The van der Waals surface area contributed by atoms with E-state index in [1.165, 1.54) is 25.3 Å². The van der Waals surface area contributed by atoms with Crippen LogP contribution in [0.4, 0.5) is 5.69 Å². The summed E-state index contributed by atoms with van der Waals surface area (Å²) in [4.78, 5) is 12.8. The predicted octanol–water partition coefficient (Wildman–Crippen LogP) is 5.25. The van der Waals surface area contributed by atoms with Crippen LogP contribution in [0.15, 0.2) is 77.7 Å². The van der Waals surface area contributed by atoms with Gasteiger partial charge in [0.1, 0.15) is 12.3 Å². The Balaban J connectivity index is 1.70. The highest BCUT2D eigenvalue weighted by atomic mass is 35.5. The van der Waals surface area contributed by atoms with Gasteiger partial charge in [0.2, 0.25) is 5.91 Å². The molecule has 0 aliphatic carbocycles. The molecule has 0 saturated heterocycles. The first kappa shape index (κ1) is 26.2. The molecule has 0 aliphatic rings. The number of amides is 1. The van der Waals surface area contributed by atoms with E-state index in [-0.39, 0.29) is 16.3 Å². The SMILES string of the molecule is COc1ccc(Cl)cc1N(CC(=O)NCCSCc1ccc(Cl)cc1)S(=O)(=O)c1ccccc1. The number of benzene rings is 3. The summed E-state index contributed by atoms with van der Waals surface area (Å²) in [7, 11) is -2.63. The molecule has 1 amide bonds. The van der Waals surface area contributed by atoms with E-state index < -0.39 is 22.5 Å². The Morgan fingerprint density at radius 2 is 1.68 bits per heavy atom. The number of ether oxygens (including phenoxy) is 1. The van der Waals surface area contributed by atoms with E-state index in [1.807, 2.05) is 24.3 Å². The second-order valence-electron chi connectivity index (χ2n) is 7.17. The number of hydrogen-bond acceptors (Lipinski definition) is 5. The van der Waals surface area contributed by atoms with Crippen LogP contribution < -0.4 is 14.4 Å². The number of rotatable bonds is 11. The largest absolute Gasteiger partial charge is 0.495 e. The first-order chi connectivity index (χ1) is 16.3. The van der Waals surface area contributed by atoms with Crippen molar-refractivity contribution in [2.45, 2.75) is 10.6 Å². The van der Waals surface area contributed by atoms with Crippen LogP contribution in [0.5, 0.6) is 5.75 Å². The Hall–Kier alpha value is -2.39. The number of hydrogen-bond donors (Lipinski definition) is 1. The fourth-order valence-electron chi connectivity index (χ4n) is 3.10. The lowest BCUT2D eigenvalue weighted by atomic mass is 10.2. The van der Waals surface area contributed by atoms with Gasteiger partial charge >= 0.3 is 0 Å². The number of carbonyl (C=O) groups is 1. The molecular weight excluding hydrogens is 515 g/mol. The Labute approximate surface area is 214 Å². The van der Waals surface area contributed by atoms with Gasteiger partial charge < -0.3 is 10.1 Å². The molecule has 0 spiro atoms. The van der Waals surface area contributed by atoms with Crippen LogP contribution >= 0.6 is 35.0 Å². The van der Waals surface area contributed by atoms with E-state index in [9.17, 15) is 13.2 Å². The molecule has 180 valence electrons. The Kier molecular flexibility index (Phi) is 9.53. The Morgan fingerprint density at radius 1 is 1.00 bits per heavy atom. The molecule has 6 nitrogen and oxygen atoms in total. The molecule has 3 aromatic carbocycles. The molecule has 0 aromatic heterocycles. The molecule has 10 heteroatoms. The number of nitrogens with one attached hydrogen (secondary N) is 1. The van der Waals surface area contributed by atoms with Crippen molar-refractivity contribution in [1.82, 2.24) is 5.32 Å². The standard InChI is InChI=1S/C24H24Cl2N2O4S2/c1-32-23-12-11-20(26)15-22(23)28(34(30,31)21-5-3-2-4-6-21)16-24(29)27-13-14-33-17-18-7-9-19(25)10-8-18/h2-12,15H,13-14,16-17H2,1H3,(H,27,29). The number of thioether (sulfide) groups is 1. The van der Waals surface area contributed by atoms with Crippen molar-refractivity contribution in [2.75, 3.05) is 30.3 Å². The molecule has 0 radical (unpaired) electrons. The summed E-state index contributed by atoms with van der Waals surface area (Å²) in [5, 5.41) is 3.80. The average molecular weight is 540 g/mol. The zero-order valence-corrected chi connectivity index (χ0v) is 21.6. The number of halogens is 2. The third-order valence-electron chi connectivity index (χ3n) is 4.78. The van der Waals surface area contributed by atoms with Crippen molar-refractivity contribution in [3.8, 4) is 5.75 Å². The number of anilines is 1. The van der Waals surface area contributed by atoms with E-state index in [0.29, 0.717) is 22.3 Å². The van der Waals surface area contributed by atoms with Crippen LogP contribution in [0.25, 0.3) is 0 Å². The van der Waals surface area contributed by atoms with Crippen molar-refractivity contribution in [3.63, 3.8) is 0 Å². The lowest BCUT2D eigenvalue weighted by Gasteiger charge is -2.25. The van der Waals surface area contributed by atoms with Gasteiger partial charge in [0.05, 0.1) is 17.7 Å². The van der Waals surface area contributed by atoms with Gasteiger partial charge in [0.15, 0.2) is 0 Å². The molecule has 0 unspecified atom stereocenters. The second kappa shape index (κ2) is 12.4. The van der Waals surface area contributed by atoms with Gasteiger partial charge in [-0.3, -0.25) is 9.10 Å². The minimum atomic E-state index is -4.06. The van der Waals surface area contributed by atoms with Gasteiger partial charge in [-0.2, -0.15) is 11.8 Å². The van der Waals surface area contributed by atoms with E-state index in [1.54, 1.807) is 42.1 Å². The third-order valence-corrected chi connectivity index (χ3v) is 8.07. The Morgan fingerprint density at radius 3 is 2.35 bits per heavy atom. The molecule has 0 bridgehead atoms. The molecule has 0 saturated carbocycles. The smallest absolute Gasteiger partial charge is 0.264 e. The monoisotopic (exact) mass is 538 g/mol. The molecular formula is C24H24Cl2N2O4S2. The maximum absolute atomic E-state index is 13.4. The van der Waals surface area contributed by atoms with Gasteiger partial charge in [-0.1, -0.05) is 53.5 Å². The van der Waals surface area contributed by atoms with Crippen LogP contribution in [0.2, 0.25) is 10.0 Å². The molecule has 3 rings (SSSR count). The maximum Gasteiger partial charge on any atom is 0.264 e. The quantitative estimate of drug-likeness (QED) is 0.337. The highest BCUT2D eigenvalue weighted by Crippen LogP contribution is 2.34. The summed E-state index contributed by atoms with van der Waals surface area (Å²) in [6.07, 6.45) is 0. The van der Waals surface area contributed by atoms with E-state index >= 15 is 0 Å². The normalized spacial score (nSPS) is 11.1. The topological polar surface area (TPSA) is 75.7 Å². The fourth-order valence-corrected chi connectivity index (χ4v) is 5.65. The lowest BCUT2D eigenvalue weighted by Crippen LogP contribution is -2.41. The van der Waals surface area contributed by atoms with E-state index in [2.05, 4.69) is 5.32 Å². The van der Waals surface area contributed by atoms with Crippen LogP contribution in [0.3, 0.4) is 0 Å². The minimum absolute atomic E-state index is 0.0587. The third kappa shape index (κ3) is 7.06. The molecule has 0 aliphatic heterocycles. The zero-order valence-electron chi connectivity index (χ0n) is 18.4. The van der Waals surface area contributed by atoms with Crippen LogP contribution in [0, 0.1) is 0 Å². The van der Waals surface area contributed by atoms with Gasteiger partial charge in [-0.15, -0.1) is 0 Å². The minimum Gasteiger partial charge on any atom is -0.495 e. The molecule has 3 aromatic rings. The molecule has 0 fully saturated rings. The molecule has 0 atom stereocenters. The summed E-state index contributed by atoms with van der Waals surface area (Å²) in [5.41, 5.74) is 1.32. The molecule has 34 heavy (non-hydrogen) atoms. The second-order valence-corrected chi connectivity index (χ2v) is 11.0. The summed E-state index contributed by atoms with van der Waals surface area (Å²) in [6.45, 7) is -0.0290. The number of sulfonamides is 1. The average Bonchev–Trinajstić information content (AvgIpc) is 2.84. The zero-order chi connectivity index (χ0) is 24.6. The molecule has 0 heterocycles. The number of methoxy groups -OCH3 is 1. The van der Waals surface area contributed by atoms with E-state index in [4.69, 9.17) is 27.9 Å². The number of carbonyl (C=O) groups excluding carboxylic acids is 1. The Bertz CT molecular complexity index is 1210. The first-order valence-electron chi connectivity index (χ1n) is 10.3. The number of nitrogens with zero attached hydrogens (tertiary/aromatic N) is 1. The van der Waals surface area contributed by atoms with Crippen molar-refractivity contribution in [3.05, 3.63) is 88.4 Å². The van der Waals surface area contributed by atoms with Crippen molar-refractivity contribution < 1.29 is 17.9 Å². The van der Waals surface area contributed by atoms with Gasteiger partial charge in [-0.25, -0.2) is 8.42 Å². The van der Waals surface area contributed by atoms with E-state index in [0.717, 1.165) is 15.6 Å². The molecule has 1 N–H and O–H groups in total. The summed E-state index contributed by atoms with van der Waals surface area (Å²) < 4.78 is 33.2. The van der Waals surface area contributed by atoms with Gasteiger partial charge in [-0.05, 0) is 48.0 Å². The van der Waals surface area contributed by atoms with Crippen molar-refractivity contribution >= 4 is 56.6 Å². The van der Waals surface area contributed by atoms with Crippen LogP contribution in [-0.2, 0) is 20.6 Å². The summed E-state index contributed by atoms with van der Waals surface area (Å²) >= 11 is 13.7. The van der Waals surface area contributed by atoms with Crippen LogP contribution in [0.1, 0.15) is 5.56 Å². The van der Waals surface area contributed by atoms with Crippen molar-refractivity contribution in [1.29, 1.82) is 0 Å². The predicted molar refractivity (Wildman–Crippen MR) is 140 cm³/mol. The highest BCUT2D eigenvalue weighted by molar-refractivity contribution is 7.98. The maximum atomic E-state index is 13.4. The van der Waals surface area contributed by atoms with Gasteiger partial charge in [0, 0.05) is 28.1 Å². The fraction of sp³-hybridized carbons (Fsp3) is 0.208. The van der Waals surface area contributed by atoms with Crippen LogP contribution in [-0.4, -0.2) is 40.3 Å². The van der Waals surface area contributed by atoms with Crippen molar-refractivity contribution in [2.24, 2.45) is 0 Å².